The van der Waals surface area contributed by atoms with Crippen LogP contribution in [-0.4, -0.2) is 10.3 Å². The van der Waals surface area contributed by atoms with Crippen LogP contribution in [0.3, 0.4) is 0 Å². The van der Waals surface area contributed by atoms with Gasteiger partial charge in [-0.05, 0) is 27.7 Å². The van der Waals surface area contributed by atoms with E-state index < -0.39 is 0 Å². The molecule has 0 amide bonds. The SMILES string of the molecule is CC(C)(C)P(c1ccc(N)cc1)C(C)(C)C. The summed E-state index contributed by atoms with van der Waals surface area (Å²) in [6.07, 6.45) is 0. The molecule has 2 N–H and O–H groups in total. The maximum absolute atomic E-state index is 5.75. The maximum Gasteiger partial charge on any atom is 0.0314 e. The lowest BCUT2D eigenvalue weighted by atomic mass is 10.2. The fourth-order valence-corrected chi connectivity index (χ4v) is 6.41. The smallest absolute Gasteiger partial charge is 0.0314 e. The fourth-order valence-electron chi connectivity index (χ4n) is 2.40. The van der Waals surface area contributed by atoms with Gasteiger partial charge in [-0.25, -0.2) is 0 Å². The molecular formula is C14H24NP. The molecule has 1 aromatic carbocycles. The summed E-state index contributed by atoms with van der Waals surface area (Å²) in [6, 6.07) is 8.42. The van der Waals surface area contributed by atoms with Crippen LogP contribution in [0.15, 0.2) is 24.3 Å². The zero-order valence-electron chi connectivity index (χ0n) is 11.3. The predicted molar refractivity (Wildman–Crippen MR) is 76.9 cm³/mol. The highest BCUT2D eigenvalue weighted by molar-refractivity contribution is 7.68. The number of anilines is 1. The van der Waals surface area contributed by atoms with Gasteiger partial charge in [-0.2, -0.15) is 0 Å². The predicted octanol–water partition coefficient (Wildman–Crippen LogP) is 3.97. The monoisotopic (exact) mass is 237 g/mol. The molecule has 1 aromatic rings. The normalized spacial score (nSPS) is 13.2. The van der Waals surface area contributed by atoms with E-state index in [0.29, 0.717) is 10.3 Å². The van der Waals surface area contributed by atoms with Gasteiger partial charge in [0.15, 0.2) is 0 Å². The van der Waals surface area contributed by atoms with E-state index in [2.05, 4.69) is 53.7 Å². The lowest BCUT2D eigenvalue weighted by Gasteiger charge is -2.41. The van der Waals surface area contributed by atoms with Crippen LogP contribution in [0.25, 0.3) is 0 Å². The number of hydrogen-bond donors (Lipinski definition) is 1. The van der Waals surface area contributed by atoms with Crippen molar-refractivity contribution in [1.82, 2.24) is 0 Å². The molecule has 0 saturated carbocycles. The van der Waals surface area contributed by atoms with Gasteiger partial charge in [0.25, 0.3) is 0 Å². The summed E-state index contributed by atoms with van der Waals surface area (Å²) < 4.78 is 0. The molecule has 0 spiro atoms. The Bertz CT molecular complexity index is 326. The second kappa shape index (κ2) is 4.37. The van der Waals surface area contributed by atoms with Crippen LogP contribution in [0.2, 0.25) is 0 Å². The Morgan fingerprint density at radius 2 is 1.19 bits per heavy atom. The zero-order chi connectivity index (χ0) is 12.6. The van der Waals surface area contributed by atoms with Crippen molar-refractivity contribution in [3.8, 4) is 0 Å². The number of benzene rings is 1. The van der Waals surface area contributed by atoms with Gasteiger partial charge in [0.05, 0.1) is 0 Å². The van der Waals surface area contributed by atoms with Crippen LogP contribution in [0.1, 0.15) is 41.5 Å². The Kier molecular flexibility index (Phi) is 3.69. The van der Waals surface area contributed by atoms with Gasteiger partial charge in [-0.15, -0.1) is 0 Å². The van der Waals surface area contributed by atoms with Gasteiger partial charge in [-0.1, -0.05) is 61.6 Å². The van der Waals surface area contributed by atoms with Crippen molar-refractivity contribution >= 4 is 18.9 Å². The number of nitrogen functional groups attached to an aromatic ring is 1. The molecule has 0 heterocycles. The molecular weight excluding hydrogens is 213 g/mol. The Hall–Kier alpha value is -0.550. The molecule has 1 nitrogen and oxygen atoms in total. The van der Waals surface area contributed by atoms with E-state index in [0.717, 1.165) is 5.69 Å². The molecule has 0 aliphatic carbocycles. The maximum atomic E-state index is 5.75. The first-order valence-corrected chi connectivity index (χ1v) is 7.12. The Labute approximate surface area is 101 Å². The van der Waals surface area contributed by atoms with E-state index in [4.69, 9.17) is 5.73 Å². The zero-order valence-corrected chi connectivity index (χ0v) is 12.2. The van der Waals surface area contributed by atoms with Crippen molar-refractivity contribution in [2.45, 2.75) is 51.9 Å². The van der Waals surface area contributed by atoms with E-state index in [9.17, 15) is 0 Å². The fraction of sp³-hybridized carbons (Fsp3) is 0.571. The van der Waals surface area contributed by atoms with Crippen LogP contribution in [0.5, 0.6) is 0 Å². The van der Waals surface area contributed by atoms with Crippen molar-refractivity contribution in [2.24, 2.45) is 0 Å². The van der Waals surface area contributed by atoms with Gasteiger partial charge < -0.3 is 5.73 Å². The third-order valence-corrected chi connectivity index (χ3v) is 5.99. The molecule has 0 radical (unpaired) electrons. The van der Waals surface area contributed by atoms with Crippen molar-refractivity contribution in [1.29, 1.82) is 0 Å². The first-order valence-electron chi connectivity index (χ1n) is 5.78. The minimum absolute atomic E-state index is 0.206. The second-order valence-corrected chi connectivity index (χ2v) is 10.1. The van der Waals surface area contributed by atoms with E-state index >= 15 is 0 Å². The molecule has 0 aliphatic rings. The summed E-state index contributed by atoms with van der Waals surface area (Å²) in [5.41, 5.74) is 6.60. The van der Waals surface area contributed by atoms with Crippen LogP contribution >= 0.6 is 7.92 Å². The summed E-state index contributed by atoms with van der Waals surface area (Å²) >= 11 is 0. The Morgan fingerprint density at radius 3 is 1.50 bits per heavy atom. The molecule has 0 aliphatic heterocycles. The van der Waals surface area contributed by atoms with Crippen LogP contribution in [0.4, 0.5) is 5.69 Å². The number of nitrogens with two attached hydrogens (primary N) is 1. The minimum atomic E-state index is -0.206. The molecule has 0 aromatic heterocycles. The standard InChI is InChI=1S/C14H24NP/c1-13(2,3)16(14(4,5)6)12-9-7-11(15)8-10-12/h7-10H,15H2,1-6H3. The summed E-state index contributed by atoms with van der Waals surface area (Å²) in [5, 5.41) is 2.09. The molecule has 0 unspecified atom stereocenters. The third kappa shape index (κ3) is 3.22. The molecule has 0 fully saturated rings. The largest absolute Gasteiger partial charge is 0.399 e. The van der Waals surface area contributed by atoms with E-state index in [1.807, 2.05) is 12.1 Å². The summed E-state index contributed by atoms with van der Waals surface area (Å²) in [4.78, 5) is 0. The molecule has 0 bridgehead atoms. The number of rotatable bonds is 1. The van der Waals surface area contributed by atoms with E-state index in [-0.39, 0.29) is 7.92 Å². The molecule has 0 saturated heterocycles. The van der Waals surface area contributed by atoms with E-state index in [1.54, 1.807) is 0 Å². The Balaban J connectivity index is 3.18. The van der Waals surface area contributed by atoms with Gasteiger partial charge in [0, 0.05) is 5.69 Å². The van der Waals surface area contributed by atoms with Crippen molar-refractivity contribution in [3.63, 3.8) is 0 Å². The highest BCUT2D eigenvalue weighted by atomic mass is 31.1. The average Bonchev–Trinajstić information content (AvgIpc) is 2.03. The topological polar surface area (TPSA) is 26.0 Å². The lowest BCUT2D eigenvalue weighted by Crippen LogP contribution is -2.31. The van der Waals surface area contributed by atoms with Gasteiger partial charge in [-0.3, -0.25) is 0 Å². The molecule has 16 heavy (non-hydrogen) atoms. The quantitative estimate of drug-likeness (QED) is 0.580. The summed E-state index contributed by atoms with van der Waals surface area (Å²) in [6.45, 7) is 14.0. The first kappa shape index (κ1) is 13.5. The van der Waals surface area contributed by atoms with Crippen molar-refractivity contribution < 1.29 is 0 Å². The summed E-state index contributed by atoms with van der Waals surface area (Å²) in [5.74, 6) is 0. The molecule has 2 heteroatoms. The van der Waals surface area contributed by atoms with Crippen molar-refractivity contribution in [2.75, 3.05) is 5.73 Å². The highest BCUT2D eigenvalue weighted by Gasteiger charge is 2.35. The van der Waals surface area contributed by atoms with Gasteiger partial charge in [0.2, 0.25) is 0 Å². The van der Waals surface area contributed by atoms with Crippen molar-refractivity contribution in [3.05, 3.63) is 24.3 Å². The lowest BCUT2D eigenvalue weighted by molar-refractivity contribution is 0.715. The third-order valence-electron chi connectivity index (χ3n) is 2.49. The van der Waals surface area contributed by atoms with Crippen LogP contribution < -0.4 is 11.0 Å². The second-order valence-electron chi connectivity index (χ2n) is 6.27. The number of hydrogen-bond acceptors (Lipinski definition) is 1. The van der Waals surface area contributed by atoms with Crippen LogP contribution in [-0.2, 0) is 0 Å². The van der Waals surface area contributed by atoms with Crippen LogP contribution in [0, 0.1) is 0 Å². The summed E-state index contributed by atoms with van der Waals surface area (Å²) in [7, 11) is -0.206. The van der Waals surface area contributed by atoms with Gasteiger partial charge in [0.1, 0.15) is 0 Å². The highest BCUT2D eigenvalue weighted by Crippen LogP contribution is 2.58. The average molecular weight is 237 g/mol. The Morgan fingerprint density at radius 1 is 0.812 bits per heavy atom. The van der Waals surface area contributed by atoms with Gasteiger partial charge >= 0.3 is 0 Å². The first-order chi connectivity index (χ1) is 7.12. The minimum Gasteiger partial charge on any atom is -0.399 e. The molecule has 1 rings (SSSR count). The molecule has 90 valence electrons. The molecule has 0 atom stereocenters. The van der Waals surface area contributed by atoms with E-state index in [1.165, 1.54) is 5.30 Å².